The maximum atomic E-state index is 12.5. The molecule has 3 aromatic rings. The first-order valence-corrected chi connectivity index (χ1v) is 9.06. The first kappa shape index (κ1) is 20.0. The Hall–Kier alpha value is -3.27. The fraction of sp³-hybridized carbons (Fsp3) is 0.300. The van der Waals surface area contributed by atoms with E-state index in [4.69, 9.17) is 9.15 Å². The van der Waals surface area contributed by atoms with Crippen LogP contribution in [-0.2, 0) is 20.7 Å². The second-order valence-corrected chi connectivity index (χ2v) is 6.89. The molecule has 4 rings (SSSR count). The molecule has 1 aliphatic rings. The predicted octanol–water partition coefficient (Wildman–Crippen LogP) is 3.37. The Morgan fingerprint density at radius 1 is 1.27 bits per heavy atom. The molecule has 0 saturated heterocycles. The highest BCUT2D eigenvalue weighted by molar-refractivity contribution is 5.94. The number of fused-ring (bicyclic) bond motifs is 3. The van der Waals surface area contributed by atoms with Crippen molar-refractivity contribution >= 4 is 22.8 Å². The number of nitrogens with one attached hydrogen (secondary N) is 2. The van der Waals surface area contributed by atoms with E-state index in [0.717, 1.165) is 16.7 Å². The number of hydrogen-bond acceptors (Lipinski definition) is 6. The summed E-state index contributed by atoms with van der Waals surface area (Å²) in [5.74, 6) is -2.71. The first-order valence-electron chi connectivity index (χ1n) is 9.06. The quantitative estimate of drug-likeness (QED) is 0.495. The Morgan fingerprint density at radius 2 is 2.07 bits per heavy atom. The number of carbonyl (C=O) groups excluding carboxylic acids is 2. The molecule has 2 atom stereocenters. The van der Waals surface area contributed by atoms with E-state index >= 15 is 0 Å². The number of benzene rings is 1. The molecule has 10 heteroatoms. The van der Waals surface area contributed by atoms with Gasteiger partial charge in [-0.05, 0) is 35.9 Å². The number of H-pyrrole nitrogens is 1. The van der Waals surface area contributed by atoms with Crippen LogP contribution in [0.4, 0.5) is 13.2 Å². The number of hydrogen-bond donors (Lipinski definition) is 2. The number of aromatic nitrogens is 1. The first-order chi connectivity index (χ1) is 14.3. The van der Waals surface area contributed by atoms with E-state index < -0.39 is 24.2 Å². The van der Waals surface area contributed by atoms with Crippen LogP contribution in [-0.4, -0.2) is 36.8 Å². The lowest BCUT2D eigenvalue weighted by molar-refractivity contribution is -0.202. The van der Waals surface area contributed by atoms with Gasteiger partial charge in [0.25, 0.3) is 0 Å². The fourth-order valence-corrected chi connectivity index (χ4v) is 3.73. The molecule has 7 nitrogen and oxygen atoms in total. The molecule has 1 aromatic carbocycles. The fourth-order valence-electron chi connectivity index (χ4n) is 3.73. The van der Waals surface area contributed by atoms with Gasteiger partial charge in [0.2, 0.25) is 0 Å². The van der Waals surface area contributed by atoms with Crippen molar-refractivity contribution in [2.75, 3.05) is 13.7 Å². The van der Waals surface area contributed by atoms with E-state index in [2.05, 4.69) is 15.0 Å². The van der Waals surface area contributed by atoms with Gasteiger partial charge < -0.3 is 18.9 Å². The molecule has 2 unspecified atom stereocenters. The molecule has 30 heavy (non-hydrogen) atoms. The molecule has 0 bridgehead atoms. The summed E-state index contributed by atoms with van der Waals surface area (Å²) in [5.41, 5.74) is 1.76. The van der Waals surface area contributed by atoms with Crippen molar-refractivity contribution in [2.24, 2.45) is 0 Å². The highest BCUT2D eigenvalue weighted by Gasteiger charge is 2.45. The summed E-state index contributed by atoms with van der Waals surface area (Å²) in [4.78, 5) is 26.6. The minimum Gasteiger partial charge on any atom is -0.497 e. The van der Waals surface area contributed by atoms with Crippen LogP contribution in [0, 0.1) is 0 Å². The van der Waals surface area contributed by atoms with Crippen molar-refractivity contribution < 1.29 is 36.7 Å². The molecule has 158 valence electrons. The molecule has 2 aromatic heterocycles. The zero-order valence-electron chi connectivity index (χ0n) is 15.7. The van der Waals surface area contributed by atoms with Crippen molar-refractivity contribution in [3.05, 3.63) is 53.6 Å². The van der Waals surface area contributed by atoms with Crippen LogP contribution in [0.3, 0.4) is 0 Å². The van der Waals surface area contributed by atoms with E-state index in [1.54, 1.807) is 30.5 Å². The van der Waals surface area contributed by atoms with Crippen molar-refractivity contribution in [1.82, 2.24) is 10.3 Å². The summed E-state index contributed by atoms with van der Waals surface area (Å²) in [6.45, 7) is 0.262. The van der Waals surface area contributed by atoms with Gasteiger partial charge in [-0.15, -0.1) is 0 Å². The largest absolute Gasteiger partial charge is 0.497 e. The maximum absolute atomic E-state index is 12.5. The van der Waals surface area contributed by atoms with Gasteiger partial charge in [-0.3, -0.25) is 5.32 Å². The highest BCUT2D eigenvalue weighted by atomic mass is 19.4. The molecule has 0 fully saturated rings. The lowest BCUT2D eigenvalue weighted by Gasteiger charge is -2.29. The minimum atomic E-state index is -5.26. The smallest absolute Gasteiger partial charge is 0.491 e. The van der Waals surface area contributed by atoms with Crippen LogP contribution < -0.4 is 10.1 Å². The van der Waals surface area contributed by atoms with Crippen LogP contribution in [0.1, 0.15) is 29.0 Å². The molecule has 2 N–H and O–H groups in total. The van der Waals surface area contributed by atoms with Gasteiger partial charge >= 0.3 is 18.1 Å². The van der Waals surface area contributed by atoms with E-state index in [1.807, 2.05) is 6.07 Å². The summed E-state index contributed by atoms with van der Waals surface area (Å²) in [6.07, 6.45) is -3.21. The predicted molar refractivity (Wildman–Crippen MR) is 97.9 cm³/mol. The van der Waals surface area contributed by atoms with Gasteiger partial charge in [0.1, 0.15) is 17.6 Å². The van der Waals surface area contributed by atoms with E-state index in [-0.39, 0.29) is 12.5 Å². The summed E-state index contributed by atoms with van der Waals surface area (Å²) in [5, 5.41) is 3.65. The topological polar surface area (TPSA) is 93.6 Å². The number of aromatic amines is 1. The molecule has 0 saturated carbocycles. The lowest BCUT2D eigenvalue weighted by Crippen LogP contribution is -2.41. The average molecular weight is 422 g/mol. The van der Waals surface area contributed by atoms with Crippen molar-refractivity contribution in [3.8, 4) is 5.75 Å². The van der Waals surface area contributed by atoms with Crippen LogP contribution in [0.2, 0.25) is 0 Å². The molecule has 0 aliphatic carbocycles. The van der Waals surface area contributed by atoms with Crippen molar-refractivity contribution in [2.45, 2.75) is 24.6 Å². The summed E-state index contributed by atoms with van der Waals surface area (Å²) < 4.78 is 52.3. The van der Waals surface area contributed by atoms with Gasteiger partial charge in [0.15, 0.2) is 0 Å². The Bertz CT molecular complexity index is 1090. The number of esters is 2. The van der Waals surface area contributed by atoms with E-state index in [1.165, 1.54) is 7.11 Å². The minimum absolute atomic E-state index is 0.144. The summed E-state index contributed by atoms with van der Waals surface area (Å²) in [6, 6.07) is 7.58. The third kappa shape index (κ3) is 3.65. The van der Waals surface area contributed by atoms with Gasteiger partial charge in [-0.25, -0.2) is 9.59 Å². The zero-order chi connectivity index (χ0) is 21.5. The summed E-state index contributed by atoms with van der Waals surface area (Å²) >= 11 is 0. The number of ether oxygens (including phenoxy) is 2. The van der Waals surface area contributed by atoms with Crippen molar-refractivity contribution in [3.63, 3.8) is 0 Å². The van der Waals surface area contributed by atoms with Gasteiger partial charge in [0.05, 0.1) is 13.4 Å². The molecule has 0 amide bonds. The number of halogens is 3. The average Bonchev–Trinajstić information content (AvgIpc) is 3.34. The molecule has 0 spiro atoms. The van der Waals surface area contributed by atoms with Gasteiger partial charge in [0, 0.05) is 35.5 Å². The van der Waals surface area contributed by atoms with E-state index in [0.29, 0.717) is 23.4 Å². The zero-order valence-corrected chi connectivity index (χ0v) is 15.7. The molecular weight excluding hydrogens is 405 g/mol. The van der Waals surface area contributed by atoms with Crippen LogP contribution >= 0.6 is 0 Å². The van der Waals surface area contributed by atoms with E-state index in [9.17, 15) is 22.8 Å². The van der Waals surface area contributed by atoms with Crippen molar-refractivity contribution in [1.29, 1.82) is 0 Å². The molecule has 0 radical (unpaired) electrons. The Morgan fingerprint density at radius 3 is 2.73 bits per heavy atom. The molecule has 1 aliphatic heterocycles. The third-order valence-corrected chi connectivity index (χ3v) is 5.03. The lowest BCUT2D eigenvalue weighted by atomic mass is 9.86. The molecular formula is C20H17F3N2O5. The van der Waals surface area contributed by atoms with Crippen LogP contribution in [0.25, 0.3) is 10.9 Å². The second-order valence-electron chi connectivity index (χ2n) is 6.89. The number of carbonyl (C=O) groups is 2. The monoisotopic (exact) mass is 422 g/mol. The number of alkyl halides is 3. The SMILES string of the molecule is COc1ccc2[nH]c3c(c2c1)C(Cc1ccco1)CNC3C(=O)OC(=O)C(F)(F)F. The normalized spacial score (nSPS) is 18.8. The van der Waals surface area contributed by atoms with Crippen LogP contribution in [0.5, 0.6) is 5.75 Å². The number of furan rings is 1. The van der Waals surface area contributed by atoms with Gasteiger partial charge in [-0.1, -0.05) is 0 Å². The molecule has 3 heterocycles. The number of rotatable bonds is 4. The third-order valence-electron chi connectivity index (χ3n) is 5.03. The second kappa shape index (κ2) is 7.52. The van der Waals surface area contributed by atoms with Gasteiger partial charge in [-0.2, -0.15) is 13.2 Å². The standard InChI is InChI=1S/C20H17F3N2O5/c1-28-11-4-5-14-13(8-11)15-10(7-12-3-2-6-29-12)9-24-17(16(15)25-14)18(26)30-19(27)20(21,22)23/h2-6,8,10,17,24-25H,7,9H2,1H3. The van der Waals surface area contributed by atoms with Crippen LogP contribution in [0.15, 0.2) is 41.0 Å². The highest BCUT2D eigenvalue weighted by Crippen LogP contribution is 2.39. The Kier molecular flexibility index (Phi) is 5.02. The Balaban J connectivity index is 1.74. The summed E-state index contributed by atoms with van der Waals surface area (Å²) in [7, 11) is 1.52. The Labute approximate surface area is 168 Å². The maximum Gasteiger partial charge on any atom is 0.491 e. The number of methoxy groups -OCH3 is 1.